The lowest BCUT2D eigenvalue weighted by molar-refractivity contribution is -0.135. The van der Waals surface area contributed by atoms with Gasteiger partial charge < -0.3 is 19.7 Å². The Morgan fingerprint density at radius 3 is 2.74 bits per heavy atom. The number of ether oxygens (including phenoxy) is 2. The molecule has 2 aliphatic rings. The number of nitrogens with zero attached hydrogens (tertiary/aromatic N) is 1. The number of hydrogen-bond acceptors (Lipinski definition) is 4. The molecule has 0 radical (unpaired) electrons. The van der Waals surface area contributed by atoms with Gasteiger partial charge in [-0.1, -0.05) is 0 Å². The summed E-state index contributed by atoms with van der Waals surface area (Å²) in [7, 11) is 3.28. The number of methoxy groups -OCH3 is 2. The van der Waals surface area contributed by atoms with E-state index in [2.05, 4.69) is 5.32 Å². The average Bonchev–Trinajstić information content (AvgIpc) is 2.45. The molecule has 5 nitrogen and oxygen atoms in total. The molecule has 1 unspecified atom stereocenters. The Hall–Kier alpha value is -1.75. The lowest BCUT2D eigenvalue weighted by Crippen LogP contribution is -2.52. The van der Waals surface area contributed by atoms with Crippen molar-refractivity contribution in [3.63, 3.8) is 0 Å². The fraction of sp³-hybridized carbons (Fsp3) is 0.500. The first-order chi connectivity index (χ1) is 9.24. The fourth-order valence-corrected chi connectivity index (χ4v) is 2.96. The van der Waals surface area contributed by atoms with Gasteiger partial charge in [0.1, 0.15) is 0 Å². The van der Waals surface area contributed by atoms with Crippen LogP contribution in [0.2, 0.25) is 0 Å². The summed E-state index contributed by atoms with van der Waals surface area (Å²) in [5.74, 6) is 1.66. The molecule has 1 saturated heterocycles. The van der Waals surface area contributed by atoms with Crippen LogP contribution in [0.1, 0.15) is 17.2 Å². The Morgan fingerprint density at radius 1 is 1.26 bits per heavy atom. The van der Waals surface area contributed by atoms with Crippen molar-refractivity contribution in [2.45, 2.75) is 12.5 Å². The highest BCUT2D eigenvalue weighted by Gasteiger charge is 2.34. The summed E-state index contributed by atoms with van der Waals surface area (Å²) in [6.45, 7) is 2.03. The highest BCUT2D eigenvalue weighted by atomic mass is 16.5. The van der Waals surface area contributed by atoms with Gasteiger partial charge in [-0.05, 0) is 29.7 Å². The Morgan fingerprint density at radius 2 is 2.00 bits per heavy atom. The van der Waals surface area contributed by atoms with Crippen molar-refractivity contribution in [1.82, 2.24) is 10.2 Å². The van der Waals surface area contributed by atoms with Crippen molar-refractivity contribution in [3.8, 4) is 11.5 Å². The van der Waals surface area contributed by atoms with E-state index < -0.39 is 0 Å². The summed E-state index contributed by atoms with van der Waals surface area (Å²) in [6.07, 6.45) is 0.873. The second kappa shape index (κ2) is 4.74. The van der Waals surface area contributed by atoms with Gasteiger partial charge >= 0.3 is 0 Å². The maximum Gasteiger partial charge on any atom is 0.237 e. The fourth-order valence-electron chi connectivity index (χ4n) is 2.96. The summed E-state index contributed by atoms with van der Waals surface area (Å²) in [4.78, 5) is 13.9. The second-order valence-electron chi connectivity index (χ2n) is 4.89. The van der Waals surface area contributed by atoms with E-state index in [9.17, 15) is 4.79 Å². The Labute approximate surface area is 112 Å². The summed E-state index contributed by atoms with van der Waals surface area (Å²) < 4.78 is 10.7. The Kier molecular flexibility index (Phi) is 3.06. The molecule has 102 valence electrons. The zero-order valence-electron chi connectivity index (χ0n) is 11.2. The molecule has 5 heteroatoms. The molecule has 0 spiro atoms. The quantitative estimate of drug-likeness (QED) is 0.854. The van der Waals surface area contributed by atoms with E-state index in [-0.39, 0.29) is 11.9 Å². The number of carbonyl (C=O) groups is 1. The third-order valence-corrected chi connectivity index (χ3v) is 3.94. The highest BCUT2D eigenvalue weighted by molar-refractivity contribution is 5.80. The summed E-state index contributed by atoms with van der Waals surface area (Å²) in [5.41, 5.74) is 2.42. The molecule has 0 aliphatic carbocycles. The van der Waals surface area contributed by atoms with Crippen LogP contribution >= 0.6 is 0 Å². The average molecular weight is 262 g/mol. The van der Waals surface area contributed by atoms with Gasteiger partial charge in [-0.25, -0.2) is 0 Å². The maximum absolute atomic E-state index is 11.9. The minimum absolute atomic E-state index is 0.116. The van der Waals surface area contributed by atoms with Crippen LogP contribution in [0.15, 0.2) is 12.1 Å². The molecular formula is C14H18N2O3. The third kappa shape index (κ3) is 1.94. The standard InChI is InChI=1S/C14H18N2O3/c1-18-12-5-9-3-4-16-11(7-15-8-14(16)17)10(9)6-13(12)19-2/h5-6,11,15H,3-4,7-8H2,1-2H3. The molecule has 1 atom stereocenters. The van der Waals surface area contributed by atoms with E-state index in [1.54, 1.807) is 14.2 Å². The number of hydrogen-bond donors (Lipinski definition) is 1. The van der Waals surface area contributed by atoms with Crippen molar-refractivity contribution in [1.29, 1.82) is 0 Å². The summed E-state index contributed by atoms with van der Waals surface area (Å²) in [6, 6.07) is 4.15. The molecule has 1 aromatic carbocycles. The van der Waals surface area contributed by atoms with Crippen LogP contribution in [0.3, 0.4) is 0 Å². The first-order valence-corrected chi connectivity index (χ1v) is 6.49. The van der Waals surface area contributed by atoms with Crippen molar-refractivity contribution >= 4 is 5.91 Å². The van der Waals surface area contributed by atoms with Gasteiger partial charge in [0, 0.05) is 13.1 Å². The molecule has 1 amide bonds. The second-order valence-corrected chi connectivity index (χ2v) is 4.89. The predicted molar refractivity (Wildman–Crippen MR) is 70.6 cm³/mol. The molecule has 0 aromatic heterocycles. The number of piperazine rings is 1. The van der Waals surface area contributed by atoms with Crippen molar-refractivity contribution < 1.29 is 14.3 Å². The number of fused-ring (bicyclic) bond motifs is 3. The van der Waals surface area contributed by atoms with Crippen molar-refractivity contribution in [2.75, 3.05) is 33.9 Å². The molecule has 0 saturated carbocycles. The molecule has 3 rings (SSSR count). The van der Waals surface area contributed by atoms with Crippen LogP contribution in [0.25, 0.3) is 0 Å². The SMILES string of the molecule is COc1cc2c(cc1OC)C1CNCC(=O)N1CC2. The zero-order chi connectivity index (χ0) is 13.4. The molecule has 19 heavy (non-hydrogen) atoms. The lowest BCUT2D eigenvalue weighted by atomic mass is 9.90. The van der Waals surface area contributed by atoms with E-state index in [4.69, 9.17) is 9.47 Å². The van der Waals surface area contributed by atoms with Crippen LogP contribution in [0, 0.1) is 0 Å². The first-order valence-electron chi connectivity index (χ1n) is 6.49. The summed E-state index contributed by atoms with van der Waals surface area (Å²) in [5, 5.41) is 3.18. The highest BCUT2D eigenvalue weighted by Crippen LogP contribution is 2.38. The van der Waals surface area contributed by atoms with Gasteiger partial charge in [0.2, 0.25) is 5.91 Å². The molecule has 0 bridgehead atoms. The number of carbonyl (C=O) groups excluding carboxylic acids is 1. The van der Waals surface area contributed by atoms with Gasteiger partial charge in [-0.15, -0.1) is 0 Å². The van der Waals surface area contributed by atoms with Gasteiger partial charge in [0.15, 0.2) is 11.5 Å². The Bertz CT molecular complexity index is 516. The van der Waals surface area contributed by atoms with Crippen LogP contribution in [-0.4, -0.2) is 44.7 Å². The smallest absolute Gasteiger partial charge is 0.237 e. The minimum Gasteiger partial charge on any atom is -0.493 e. The van der Waals surface area contributed by atoms with Crippen LogP contribution in [0.4, 0.5) is 0 Å². The van der Waals surface area contributed by atoms with Crippen molar-refractivity contribution in [3.05, 3.63) is 23.3 Å². The molecule has 1 aromatic rings. The van der Waals surface area contributed by atoms with Gasteiger partial charge in [-0.3, -0.25) is 4.79 Å². The number of amides is 1. The zero-order valence-corrected chi connectivity index (χ0v) is 11.2. The maximum atomic E-state index is 11.9. The third-order valence-electron chi connectivity index (χ3n) is 3.94. The molecular weight excluding hydrogens is 244 g/mol. The van der Waals surface area contributed by atoms with E-state index in [1.165, 1.54) is 11.1 Å². The lowest BCUT2D eigenvalue weighted by Gasteiger charge is -2.41. The molecule has 1 fully saturated rings. The monoisotopic (exact) mass is 262 g/mol. The van der Waals surface area contributed by atoms with E-state index >= 15 is 0 Å². The molecule has 2 heterocycles. The van der Waals surface area contributed by atoms with Gasteiger partial charge in [-0.2, -0.15) is 0 Å². The van der Waals surface area contributed by atoms with Gasteiger partial charge in [0.05, 0.1) is 26.8 Å². The van der Waals surface area contributed by atoms with Crippen LogP contribution in [0.5, 0.6) is 11.5 Å². The predicted octanol–water partition coefficient (Wildman–Crippen LogP) is 0.733. The molecule has 1 N–H and O–H groups in total. The topological polar surface area (TPSA) is 50.8 Å². The van der Waals surface area contributed by atoms with Crippen molar-refractivity contribution in [2.24, 2.45) is 0 Å². The normalized spacial score (nSPS) is 21.7. The number of rotatable bonds is 2. The number of benzene rings is 1. The first kappa shape index (κ1) is 12.3. The van der Waals surface area contributed by atoms with Crippen LogP contribution < -0.4 is 14.8 Å². The largest absolute Gasteiger partial charge is 0.493 e. The van der Waals surface area contributed by atoms with Crippen LogP contribution in [-0.2, 0) is 11.2 Å². The number of nitrogens with one attached hydrogen (secondary N) is 1. The van der Waals surface area contributed by atoms with Gasteiger partial charge in [0.25, 0.3) is 0 Å². The van der Waals surface area contributed by atoms with E-state index in [0.717, 1.165) is 31.0 Å². The van der Waals surface area contributed by atoms with E-state index in [1.807, 2.05) is 17.0 Å². The Balaban J connectivity index is 2.04. The van der Waals surface area contributed by atoms with E-state index in [0.29, 0.717) is 6.54 Å². The minimum atomic E-state index is 0.116. The molecule has 2 aliphatic heterocycles. The summed E-state index contributed by atoms with van der Waals surface area (Å²) >= 11 is 0.